The Bertz CT molecular complexity index is 340. The van der Waals surface area contributed by atoms with Crippen LogP contribution in [0.2, 0.25) is 0 Å². The third-order valence-corrected chi connectivity index (χ3v) is 4.17. The zero-order chi connectivity index (χ0) is 12.1. The van der Waals surface area contributed by atoms with Gasteiger partial charge in [-0.2, -0.15) is 0 Å². The van der Waals surface area contributed by atoms with E-state index in [0.717, 1.165) is 32.8 Å². The highest BCUT2D eigenvalue weighted by Crippen LogP contribution is 2.16. The maximum absolute atomic E-state index is 5.53. The summed E-state index contributed by atoms with van der Waals surface area (Å²) in [5, 5.41) is 7.02. The molecule has 1 fully saturated rings. The van der Waals surface area contributed by atoms with Crippen molar-refractivity contribution in [3.63, 3.8) is 0 Å². The Balaban J connectivity index is 1.70. The average molecular weight is 254 g/mol. The molecule has 96 valence electrons. The van der Waals surface area contributed by atoms with E-state index in [-0.39, 0.29) is 0 Å². The van der Waals surface area contributed by atoms with Crippen LogP contribution in [0, 0.1) is 12.8 Å². The summed E-state index contributed by atoms with van der Waals surface area (Å²) in [5.74, 6) is 0.607. The minimum atomic E-state index is 0.526. The van der Waals surface area contributed by atoms with Crippen molar-refractivity contribution in [1.29, 1.82) is 0 Å². The lowest BCUT2D eigenvalue weighted by Gasteiger charge is -2.18. The number of likely N-dealkylation sites (N-methyl/N-ethyl adjacent to an activating group) is 1. The van der Waals surface area contributed by atoms with Gasteiger partial charge in [0.2, 0.25) is 0 Å². The normalized spacial score (nSPS) is 24.4. The molecule has 2 rings (SSSR count). The summed E-state index contributed by atoms with van der Waals surface area (Å²) in [7, 11) is 0. The van der Waals surface area contributed by atoms with Crippen molar-refractivity contribution in [3.05, 3.63) is 21.9 Å². The van der Waals surface area contributed by atoms with E-state index >= 15 is 0 Å². The zero-order valence-electron chi connectivity index (χ0n) is 10.7. The Morgan fingerprint density at radius 3 is 3.00 bits per heavy atom. The van der Waals surface area contributed by atoms with Crippen molar-refractivity contribution in [2.45, 2.75) is 26.4 Å². The molecule has 4 heteroatoms. The van der Waals surface area contributed by atoms with E-state index in [9.17, 15) is 0 Å². The summed E-state index contributed by atoms with van der Waals surface area (Å²) in [6.45, 7) is 9.08. The molecule has 3 nitrogen and oxygen atoms in total. The maximum atomic E-state index is 5.53. The third kappa shape index (κ3) is 3.78. The van der Waals surface area contributed by atoms with Crippen LogP contribution in [-0.4, -0.2) is 32.3 Å². The number of rotatable bonds is 6. The molecule has 2 unspecified atom stereocenters. The van der Waals surface area contributed by atoms with Gasteiger partial charge in [-0.05, 0) is 25.6 Å². The standard InChI is InChI=1S/C13H22N2OS/c1-3-15-13-9-16-8-11(13)6-14-7-12-5-4-10(2)17-12/h4-5,11,13-15H,3,6-9H2,1-2H3. The number of thiophene rings is 1. The van der Waals surface area contributed by atoms with E-state index in [2.05, 4.69) is 36.6 Å². The van der Waals surface area contributed by atoms with Crippen LogP contribution in [-0.2, 0) is 11.3 Å². The van der Waals surface area contributed by atoms with Gasteiger partial charge in [0.05, 0.1) is 13.2 Å². The summed E-state index contributed by atoms with van der Waals surface area (Å²) in [6.07, 6.45) is 0. The largest absolute Gasteiger partial charge is 0.379 e. The van der Waals surface area contributed by atoms with Crippen molar-refractivity contribution >= 4 is 11.3 Å². The van der Waals surface area contributed by atoms with Gasteiger partial charge in [0.25, 0.3) is 0 Å². The van der Waals surface area contributed by atoms with E-state index in [1.165, 1.54) is 9.75 Å². The highest BCUT2D eigenvalue weighted by Gasteiger charge is 2.26. The van der Waals surface area contributed by atoms with Crippen molar-refractivity contribution in [2.75, 3.05) is 26.3 Å². The minimum Gasteiger partial charge on any atom is -0.379 e. The second-order valence-corrected chi connectivity index (χ2v) is 5.98. The summed E-state index contributed by atoms with van der Waals surface area (Å²) < 4.78 is 5.53. The summed E-state index contributed by atoms with van der Waals surface area (Å²) in [5.41, 5.74) is 0. The van der Waals surface area contributed by atoms with Crippen LogP contribution in [0.1, 0.15) is 16.7 Å². The molecule has 2 atom stereocenters. The fraction of sp³-hybridized carbons (Fsp3) is 0.692. The van der Waals surface area contributed by atoms with Gasteiger partial charge in [-0.15, -0.1) is 11.3 Å². The van der Waals surface area contributed by atoms with E-state index in [0.29, 0.717) is 12.0 Å². The molecule has 2 heterocycles. The first-order valence-corrected chi connectivity index (χ1v) is 7.18. The molecule has 17 heavy (non-hydrogen) atoms. The first-order valence-electron chi connectivity index (χ1n) is 6.36. The zero-order valence-corrected chi connectivity index (χ0v) is 11.5. The molecule has 1 aliphatic rings. The Kier molecular flexibility index (Phi) is 4.98. The predicted molar refractivity (Wildman–Crippen MR) is 72.5 cm³/mol. The fourth-order valence-corrected chi connectivity index (χ4v) is 3.11. The highest BCUT2D eigenvalue weighted by atomic mass is 32.1. The molecule has 0 amide bonds. The van der Waals surface area contributed by atoms with Crippen LogP contribution in [0.4, 0.5) is 0 Å². The SMILES string of the molecule is CCNC1COCC1CNCc1ccc(C)s1. The second kappa shape index (κ2) is 6.50. The monoisotopic (exact) mass is 254 g/mol. The van der Waals surface area contributed by atoms with Crippen LogP contribution in [0.15, 0.2) is 12.1 Å². The maximum Gasteiger partial charge on any atom is 0.0623 e. The first kappa shape index (κ1) is 13.0. The van der Waals surface area contributed by atoms with Crippen LogP contribution in [0.25, 0.3) is 0 Å². The van der Waals surface area contributed by atoms with Crippen molar-refractivity contribution in [1.82, 2.24) is 10.6 Å². The van der Waals surface area contributed by atoms with E-state index in [1.54, 1.807) is 0 Å². The average Bonchev–Trinajstić information content (AvgIpc) is 2.90. The van der Waals surface area contributed by atoms with Gasteiger partial charge in [0, 0.05) is 34.8 Å². The van der Waals surface area contributed by atoms with Crippen LogP contribution in [0.5, 0.6) is 0 Å². The summed E-state index contributed by atoms with van der Waals surface area (Å²) >= 11 is 1.87. The molecule has 0 spiro atoms. The van der Waals surface area contributed by atoms with Gasteiger partial charge in [-0.25, -0.2) is 0 Å². The Hall–Kier alpha value is -0.420. The van der Waals surface area contributed by atoms with Crippen molar-refractivity contribution < 1.29 is 4.74 Å². The summed E-state index contributed by atoms with van der Waals surface area (Å²) in [6, 6.07) is 4.92. The number of hydrogen-bond donors (Lipinski definition) is 2. The minimum absolute atomic E-state index is 0.526. The molecular weight excluding hydrogens is 232 g/mol. The topological polar surface area (TPSA) is 33.3 Å². The van der Waals surface area contributed by atoms with Crippen LogP contribution < -0.4 is 10.6 Å². The Morgan fingerprint density at radius 2 is 2.29 bits per heavy atom. The Labute approximate surface area is 108 Å². The molecule has 0 radical (unpaired) electrons. The lowest BCUT2D eigenvalue weighted by atomic mass is 10.0. The molecule has 1 aromatic heterocycles. The molecular formula is C13H22N2OS. The first-order chi connectivity index (χ1) is 8.29. The van der Waals surface area contributed by atoms with Gasteiger partial charge in [-0.3, -0.25) is 0 Å². The van der Waals surface area contributed by atoms with Crippen molar-refractivity contribution in [2.24, 2.45) is 5.92 Å². The van der Waals surface area contributed by atoms with E-state index < -0.39 is 0 Å². The third-order valence-electron chi connectivity index (χ3n) is 3.17. The van der Waals surface area contributed by atoms with E-state index in [1.807, 2.05) is 11.3 Å². The number of ether oxygens (including phenoxy) is 1. The van der Waals surface area contributed by atoms with Gasteiger partial charge in [0.1, 0.15) is 0 Å². The fourth-order valence-electron chi connectivity index (χ4n) is 2.25. The second-order valence-electron chi connectivity index (χ2n) is 4.60. The number of hydrogen-bond acceptors (Lipinski definition) is 4. The molecule has 1 aliphatic heterocycles. The molecule has 2 N–H and O–H groups in total. The predicted octanol–water partition coefficient (Wildman–Crippen LogP) is 1.77. The van der Waals surface area contributed by atoms with Gasteiger partial charge in [0.15, 0.2) is 0 Å². The molecule has 1 aromatic rings. The van der Waals surface area contributed by atoms with Gasteiger partial charge >= 0.3 is 0 Å². The summed E-state index contributed by atoms with van der Waals surface area (Å²) in [4.78, 5) is 2.80. The molecule has 1 saturated heterocycles. The lowest BCUT2D eigenvalue weighted by Crippen LogP contribution is -2.39. The van der Waals surface area contributed by atoms with Gasteiger partial charge < -0.3 is 15.4 Å². The molecule has 0 bridgehead atoms. The molecule has 0 aliphatic carbocycles. The van der Waals surface area contributed by atoms with Crippen LogP contribution in [0.3, 0.4) is 0 Å². The molecule has 0 saturated carbocycles. The number of aryl methyl sites for hydroxylation is 1. The number of nitrogens with one attached hydrogen (secondary N) is 2. The van der Waals surface area contributed by atoms with Crippen molar-refractivity contribution in [3.8, 4) is 0 Å². The van der Waals surface area contributed by atoms with E-state index in [4.69, 9.17) is 4.74 Å². The molecule has 0 aromatic carbocycles. The lowest BCUT2D eigenvalue weighted by molar-refractivity contribution is 0.182. The van der Waals surface area contributed by atoms with Crippen LogP contribution >= 0.6 is 11.3 Å². The highest BCUT2D eigenvalue weighted by molar-refractivity contribution is 7.11. The Morgan fingerprint density at radius 1 is 1.41 bits per heavy atom. The van der Waals surface area contributed by atoms with Gasteiger partial charge in [-0.1, -0.05) is 6.92 Å². The quantitative estimate of drug-likeness (QED) is 0.812. The smallest absolute Gasteiger partial charge is 0.0623 e.